The number of nitrogens with zero attached hydrogens (tertiary/aromatic N) is 2. The van der Waals surface area contributed by atoms with Crippen LogP contribution in [0.15, 0.2) is 29.8 Å². The average Bonchev–Trinajstić information content (AvgIpc) is 2.98. The van der Waals surface area contributed by atoms with Crippen molar-refractivity contribution in [1.29, 1.82) is 0 Å². The third-order valence-corrected chi connectivity index (χ3v) is 4.16. The molecule has 4 nitrogen and oxygen atoms in total. The number of ether oxygens (including phenoxy) is 2. The molecule has 1 saturated heterocycles. The molecule has 0 amide bonds. The number of pyridine rings is 1. The van der Waals surface area contributed by atoms with Gasteiger partial charge in [-0.3, -0.25) is 0 Å². The normalized spacial score (nSPS) is 15.5. The molecule has 0 aromatic carbocycles. The number of hydrogen-bond acceptors (Lipinski definition) is 5. The maximum Gasteiger partial charge on any atom is 0.212 e. The summed E-state index contributed by atoms with van der Waals surface area (Å²) in [4.78, 5) is 7.84. The summed E-state index contributed by atoms with van der Waals surface area (Å²) in [6.07, 6.45) is 1.85. The summed E-state index contributed by atoms with van der Waals surface area (Å²) < 4.78 is 10.5. The zero-order valence-corrected chi connectivity index (χ0v) is 11.7. The van der Waals surface area contributed by atoms with Gasteiger partial charge in [-0.15, -0.1) is 11.3 Å². The van der Waals surface area contributed by atoms with Crippen LogP contribution in [-0.2, 0) is 4.74 Å². The molecule has 1 fully saturated rings. The standard InChI is InChI=1S/C14H16N2O2S/c1-17-14-3-2-11(9-15-14)13-8-12(10-19-13)16-4-6-18-7-5-16/h2-3,8-10H,4-7H2,1H3. The van der Waals surface area contributed by atoms with Gasteiger partial charge < -0.3 is 14.4 Å². The Morgan fingerprint density at radius 1 is 1.32 bits per heavy atom. The first kappa shape index (κ1) is 12.4. The summed E-state index contributed by atoms with van der Waals surface area (Å²) in [7, 11) is 1.63. The van der Waals surface area contributed by atoms with Crippen LogP contribution in [0.1, 0.15) is 0 Å². The summed E-state index contributed by atoms with van der Waals surface area (Å²) in [5.41, 5.74) is 2.41. The topological polar surface area (TPSA) is 34.6 Å². The molecule has 100 valence electrons. The van der Waals surface area contributed by atoms with Gasteiger partial charge >= 0.3 is 0 Å². The quantitative estimate of drug-likeness (QED) is 0.863. The van der Waals surface area contributed by atoms with Crippen LogP contribution in [0.3, 0.4) is 0 Å². The van der Waals surface area contributed by atoms with Gasteiger partial charge in [-0.05, 0) is 12.1 Å². The number of rotatable bonds is 3. The molecule has 3 rings (SSSR count). The van der Waals surface area contributed by atoms with Gasteiger partial charge in [-0.25, -0.2) is 4.98 Å². The lowest BCUT2D eigenvalue weighted by molar-refractivity contribution is 0.123. The largest absolute Gasteiger partial charge is 0.481 e. The first-order valence-electron chi connectivity index (χ1n) is 6.28. The van der Waals surface area contributed by atoms with Crippen molar-refractivity contribution in [1.82, 2.24) is 4.98 Å². The van der Waals surface area contributed by atoms with E-state index in [0.717, 1.165) is 31.9 Å². The Balaban J connectivity index is 1.79. The van der Waals surface area contributed by atoms with Gasteiger partial charge in [0, 0.05) is 46.9 Å². The summed E-state index contributed by atoms with van der Waals surface area (Å²) >= 11 is 1.75. The molecule has 1 aliphatic rings. The van der Waals surface area contributed by atoms with Gasteiger partial charge in [-0.2, -0.15) is 0 Å². The second-order valence-corrected chi connectivity index (χ2v) is 5.27. The van der Waals surface area contributed by atoms with E-state index in [1.807, 2.05) is 18.3 Å². The molecule has 0 radical (unpaired) electrons. The third kappa shape index (κ3) is 2.72. The average molecular weight is 276 g/mol. The SMILES string of the molecule is COc1ccc(-c2cc(N3CCOCC3)cs2)cn1. The molecule has 0 bridgehead atoms. The molecular formula is C14H16N2O2S. The highest BCUT2D eigenvalue weighted by atomic mass is 32.1. The van der Waals surface area contributed by atoms with Crippen molar-refractivity contribution in [3.63, 3.8) is 0 Å². The summed E-state index contributed by atoms with van der Waals surface area (Å²) in [5, 5.41) is 2.20. The molecule has 0 unspecified atom stereocenters. The van der Waals surface area contributed by atoms with Crippen LogP contribution in [0.4, 0.5) is 5.69 Å². The van der Waals surface area contributed by atoms with Gasteiger partial charge in [0.2, 0.25) is 5.88 Å². The lowest BCUT2D eigenvalue weighted by Crippen LogP contribution is -2.35. The Morgan fingerprint density at radius 2 is 2.16 bits per heavy atom. The van der Waals surface area contributed by atoms with E-state index in [1.54, 1.807) is 18.4 Å². The number of morpholine rings is 1. The van der Waals surface area contributed by atoms with Gasteiger partial charge in [0.15, 0.2) is 0 Å². The zero-order valence-electron chi connectivity index (χ0n) is 10.8. The monoisotopic (exact) mass is 276 g/mol. The van der Waals surface area contributed by atoms with E-state index < -0.39 is 0 Å². The first-order chi connectivity index (χ1) is 9.36. The Kier molecular flexibility index (Phi) is 3.66. The predicted octanol–water partition coefficient (Wildman–Crippen LogP) is 2.66. The van der Waals surface area contributed by atoms with Crippen molar-refractivity contribution in [2.75, 3.05) is 38.3 Å². The molecule has 2 aromatic rings. The zero-order chi connectivity index (χ0) is 13.1. The van der Waals surface area contributed by atoms with Crippen LogP contribution in [0.25, 0.3) is 10.4 Å². The minimum absolute atomic E-state index is 0.647. The number of aromatic nitrogens is 1. The lowest BCUT2D eigenvalue weighted by atomic mass is 10.2. The van der Waals surface area contributed by atoms with Crippen molar-refractivity contribution in [3.8, 4) is 16.3 Å². The number of thiophene rings is 1. The van der Waals surface area contributed by atoms with Crippen LogP contribution in [0.5, 0.6) is 5.88 Å². The molecule has 0 atom stereocenters. The molecule has 0 saturated carbocycles. The van der Waals surface area contributed by atoms with E-state index in [9.17, 15) is 0 Å². The lowest BCUT2D eigenvalue weighted by Gasteiger charge is -2.27. The summed E-state index contributed by atoms with van der Waals surface area (Å²) in [6, 6.07) is 6.16. The molecule has 1 aliphatic heterocycles. The van der Waals surface area contributed by atoms with E-state index >= 15 is 0 Å². The summed E-state index contributed by atoms with van der Waals surface area (Å²) in [5.74, 6) is 0.647. The maximum absolute atomic E-state index is 5.38. The molecule has 5 heteroatoms. The minimum Gasteiger partial charge on any atom is -0.481 e. The molecule has 3 heterocycles. The van der Waals surface area contributed by atoms with Crippen molar-refractivity contribution >= 4 is 17.0 Å². The van der Waals surface area contributed by atoms with E-state index in [0.29, 0.717) is 5.88 Å². The van der Waals surface area contributed by atoms with E-state index in [1.165, 1.54) is 10.6 Å². The van der Waals surface area contributed by atoms with E-state index in [2.05, 4.69) is 21.3 Å². The van der Waals surface area contributed by atoms with Crippen LogP contribution in [0.2, 0.25) is 0 Å². The molecule has 0 aliphatic carbocycles. The molecule has 0 N–H and O–H groups in total. The highest BCUT2D eigenvalue weighted by molar-refractivity contribution is 7.14. The van der Waals surface area contributed by atoms with Gasteiger partial charge in [0.1, 0.15) is 0 Å². The fraction of sp³-hybridized carbons (Fsp3) is 0.357. The van der Waals surface area contributed by atoms with Crippen molar-refractivity contribution in [2.24, 2.45) is 0 Å². The van der Waals surface area contributed by atoms with Crippen molar-refractivity contribution in [3.05, 3.63) is 29.8 Å². The number of methoxy groups -OCH3 is 1. The Bertz CT molecular complexity index is 533. The second-order valence-electron chi connectivity index (χ2n) is 4.36. The van der Waals surface area contributed by atoms with Gasteiger partial charge in [-0.1, -0.05) is 0 Å². The van der Waals surface area contributed by atoms with Gasteiger partial charge in [0.05, 0.1) is 20.3 Å². The van der Waals surface area contributed by atoms with E-state index in [-0.39, 0.29) is 0 Å². The van der Waals surface area contributed by atoms with Crippen molar-refractivity contribution in [2.45, 2.75) is 0 Å². The first-order valence-corrected chi connectivity index (χ1v) is 7.16. The van der Waals surface area contributed by atoms with Crippen LogP contribution >= 0.6 is 11.3 Å². The van der Waals surface area contributed by atoms with E-state index in [4.69, 9.17) is 9.47 Å². The molecule has 2 aromatic heterocycles. The maximum atomic E-state index is 5.38. The fourth-order valence-electron chi connectivity index (χ4n) is 2.11. The summed E-state index contributed by atoms with van der Waals surface area (Å²) in [6.45, 7) is 3.57. The smallest absolute Gasteiger partial charge is 0.212 e. The van der Waals surface area contributed by atoms with Crippen LogP contribution in [-0.4, -0.2) is 38.4 Å². The van der Waals surface area contributed by atoms with Crippen LogP contribution < -0.4 is 9.64 Å². The number of anilines is 1. The van der Waals surface area contributed by atoms with Crippen molar-refractivity contribution < 1.29 is 9.47 Å². The Morgan fingerprint density at radius 3 is 2.84 bits per heavy atom. The highest BCUT2D eigenvalue weighted by Crippen LogP contribution is 2.32. The molecule has 0 spiro atoms. The second kappa shape index (κ2) is 5.59. The predicted molar refractivity (Wildman–Crippen MR) is 77.1 cm³/mol. The van der Waals surface area contributed by atoms with Gasteiger partial charge in [0.25, 0.3) is 0 Å². The number of hydrogen-bond donors (Lipinski definition) is 0. The fourth-order valence-corrected chi connectivity index (χ4v) is 3.02. The Labute approximate surface area is 116 Å². The minimum atomic E-state index is 0.647. The molecular weight excluding hydrogens is 260 g/mol. The third-order valence-electron chi connectivity index (χ3n) is 3.19. The molecule has 19 heavy (non-hydrogen) atoms. The highest BCUT2D eigenvalue weighted by Gasteiger charge is 2.13. The van der Waals surface area contributed by atoms with Crippen LogP contribution in [0, 0.1) is 0 Å². The Hall–Kier alpha value is -1.59.